The molecule has 0 saturated heterocycles. The predicted octanol–water partition coefficient (Wildman–Crippen LogP) is 2.27. The molecule has 0 aliphatic rings. The molecule has 0 fully saturated rings. The molecule has 1 heterocycles. The first kappa shape index (κ1) is 10.2. The van der Waals surface area contributed by atoms with Crippen LogP contribution in [0.3, 0.4) is 0 Å². The molecule has 72 valence electrons. The first-order valence-electron chi connectivity index (χ1n) is 4.68. The molecule has 0 aromatic carbocycles. The van der Waals surface area contributed by atoms with Crippen LogP contribution in [0, 0.1) is 0 Å². The van der Waals surface area contributed by atoms with Crippen molar-refractivity contribution in [3.63, 3.8) is 0 Å². The number of hydrogen-bond acceptors (Lipinski definition) is 2. The zero-order chi connectivity index (χ0) is 9.84. The Morgan fingerprint density at radius 3 is 2.54 bits per heavy atom. The molecule has 0 amide bonds. The van der Waals surface area contributed by atoms with Gasteiger partial charge in [0.25, 0.3) is 0 Å². The van der Waals surface area contributed by atoms with Gasteiger partial charge in [0.05, 0.1) is 0 Å². The van der Waals surface area contributed by atoms with E-state index in [4.69, 9.17) is 0 Å². The zero-order valence-corrected chi connectivity index (χ0v) is 8.91. The molecule has 0 aliphatic heterocycles. The van der Waals surface area contributed by atoms with Crippen molar-refractivity contribution < 1.29 is 0 Å². The van der Waals surface area contributed by atoms with Crippen molar-refractivity contribution in [2.24, 2.45) is 0 Å². The van der Waals surface area contributed by atoms with Crippen LogP contribution in [0.2, 0.25) is 0 Å². The lowest BCUT2D eigenvalue weighted by Crippen LogP contribution is -2.11. The number of rotatable bonds is 3. The molecule has 0 aliphatic carbocycles. The van der Waals surface area contributed by atoms with Crippen molar-refractivity contribution in [2.45, 2.75) is 26.3 Å². The maximum Gasteiger partial charge on any atom is 0.0313 e. The van der Waals surface area contributed by atoms with Crippen molar-refractivity contribution in [3.8, 4) is 0 Å². The Bertz CT molecular complexity index is 267. The zero-order valence-electron chi connectivity index (χ0n) is 8.91. The SMILES string of the molecule is CC(C)c1cncc(CN(C)C)c1. The molecule has 1 aromatic heterocycles. The monoisotopic (exact) mass is 178 g/mol. The van der Waals surface area contributed by atoms with Crippen LogP contribution in [0.25, 0.3) is 0 Å². The normalized spacial score (nSPS) is 11.2. The molecule has 2 heteroatoms. The molecule has 0 N–H and O–H groups in total. The molecule has 0 atom stereocenters. The van der Waals surface area contributed by atoms with Gasteiger partial charge in [-0.05, 0) is 31.1 Å². The van der Waals surface area contributed by atoms with E-state index in [1.54, 1.807) is 0 Å². The van der Waals surface area contributed by atoms with Gasteiger partial charge in [-0.1, -0.05) is 19.9 Å². The minimum Gasteiger partial charge on any atom is -0.305 e. The summed E-state index contributed by atoms with van der Waals surface area (Å²) < 4.78 is 0. The lowest BCUT2D eigenvalue weighted by molar-refractivity contribution is 0.401. The third-order valence-electron chi connectivity index (χ3n) is 1.98. The first-order chi connectivity index (χ1) is 6.09. The minimum atomic E-state index is 0.564. The first-order valence-corrected chi connectivity index (χ1v) is 4.68. The van der Waals surface area contributed by atoms with E-state index in [0.29, 0.717) is 5.92 Å². The van der Waals surface area contributed by atoms with Gasteiger partial charge in [-0.25, -0.2) is 0 Å². The Labute approximate surface area is 80.6 Å². The molecule has 13 heavy (non-hydrogen) atoms. The minimum absolute atomic E-state index is 0.564. The van der Waals surface area contributed by atoms with E-state index in [9.17, 15) is 0 Å². The molecule has 0 radical (unpaired) electrons. The average Bonchev–Trinajstić information content (AvgIpc) is 2.03. The van der Waals surface area contributed by atoms with Crippen molar-refractivity contribution in [1.82, 2.24) is 9.88 Å². The van der Waals surface area contributed by atoms with E-state index in [1.165, 1.54) is 11.1 Å². The lowest BCUT2D eigenvalue weighted by Gasteiger charge is -2.11. The summed E-state index contributed by atoms with van der Waals surface area (Å²) >= 11 is 0. The standard InChI is InChI=1S/C11H18N2/c1-9(2)11-5-10(6-12-7-11)8-13(3)4/h5-7,9H,8H2,1-4H3. The summed E-state index contributed by atoms with van der Waals surface area (Å²) in [4.78, 5) is 6.39. The van der Waals surface area contributed by atoms with Crippen LogP contribution in [0.1, 0.15) is 30.9 Å². The molecular weight excluding hydrogens is 160 g/mol. The summed E-state index contributed by atoms with van der Waals surface area (Å²) in [5.74, 6) is 0.564. The Morgan fingerprint density at radius 2 is 2.00 bits per heavy atom. The van der Waals surface area contributed by atoms with Crippen LogP contribution in [0.5, 0.6) is 0 Å². The van der Waals surface area contributed by atoms with Crippen LogP contribution < -0.4 is 0 Å². The van der Waals surface area contributed by atoms with Crippen molar-refractivity contribution in [2.75, 3.05) is 14.1 Å². The summed E-state index contributed by atoms with van der Waals surface area (Å²) in [6.45, 7) is 5.35. The lowest BCUT2D eigenvalue weighted by atomic mass is 10.0. The molecule has 0 spiro atoms. The Morgan fingerprint density at radius 1 is 1.31 bits per heavy atom. The fourth-order valence-corrected chi connectivity index (χ4v) is 1.28. The maximum absolute atomic E-state index is 4.23. The second-order valence-corrected chi connectivity index (χ2v) is 4.02. The number of pyridine rings is 1. The predicted molar refractivity (Wildman–Crippen MR) is 55.7 cm³/mol. The molecule has 0 saturated carbocycles. The number of hydrogen-bond donors (Lipinski definition) is 0. The fourth-order valence-electron chi connectivity index (χ4n) is 1.28. The molecule has 1 aromatic rings. The summed E-state index contributed by atoms with van der Waals surface area (Å²) in [5, 5.41) is 0. The summed E-state index contributed by atoms with van der Waals surface area (Å²) in [6.07, 6.45) is 3.88. The average molecular weight is 178 g/mol. The van der Waals surface area contributed by atoms with Gasteiger partial charge in [0, 0.05) is 18.9 Å². The highest BCUT2D eigenvalue weighted by Gasteiger charge is 2.01. The second-order valence-electron chi connectivity index (χ2n) is 4.02. The van der Waals surface area contributed by atoms with Crippen LogP contribution in [0.4, 0.5) is 0 Å². The van der Waals surface area contributed by atoms with Gasteiger partial charge in [-0.15, -0.1) is 0 Å². The fraction of sp³-hybridized carbons (Fsp3) is 0.545. The molecule has 2 nitrogen and oxygen atoms in total. The van der Waals surface area contributed by atoms with Crippen molar-refractivity contribution in [3.05, 3.63) is 29.6 Å². The van der Waals surface area contributed by atoms with Crippen LogP contribution in [-0.4, -0.2) is 24.0 Å². The van der Waals surface area contributed by atoms with Gasteiger partial charge < -0.3 is 4.90 Å². The van der Waals surface area contributed by atoms with Crippen LogP contribution in [0.15, 0.2) is 18.5 Å². The molecule has 0 unspecified atom stereocenters. The summed E-state index contributed by atoms with van der Waals surface area (Å²) in [7, 11) is 4.14. The van der Waals surface area contributed by atoms with E-state index in [2.05, 4.69) is 43.9 Å². The van der Waals surface area contributed by atoms with Crippen LogP contribution in [-0.2, 0) is 6.54 Å². The molecule has 0 bridgehead atoms. The van der Waals surface area contributed by atoms with E-state index in [0.717, 1.165) is 6.54 Å². The van der Waals surface area contributed by atoms with E-state index in [1.807, 2.05) is 12.4 Å². The third-order valence-corrected chi connectivity index (χ3v) is 1.98. The topological polar surface area (TPSA) is 16.1 Å². The smallest absolute Gasteiger partial charge is 0.0313 e. The van der Waals surface area contributed by atoms with Crippen LogP contribution >= 0.6 is 0 Å². The van der Waals surface area contributed by atoms with E-state index < -0.39 is 0 Å². The maximum atomic E-state index is 4.23. The summed E-state index contributed by atoms with van der Waals surface area (Å²) in [6, 6.07) is 2.23. The van der Waals surface area contributed by atoms with Gasteiger partial charge in [0.1, 0.15) is 0 Å². The summed E-state index contributed by atoms with van der Waals surface area (Å²) in [5.41, 5.74) is 2.61. The van der Waals surface area contributed by atoms with E-state index in [-0.39, 0.29) is 0 Å². The van der Waals surface area contributed by atoms with E-state index >= 15 is 0 Å². The molecular formula is C11H18N2. The van der Waals surface area contributed by atoms with Crippen molar-refractivity contribution in [1.29, 1.82) is 0 Å². The number of aromatic nitrogens is 1. The van der Waals surface area contributed by atoms with Gasteiger partial charge >= 0.3 is 0 Å². The Kier molecular flexibility index (Phi) is 3.43. The molecule has 1 rings (SSSR count). The largest absolute Gasteiger partial charge is 0.305 e. The highest BCUT2D eigenvalue weighted by Crippen LogP contribution is 2.14. The highest BCUT2D eigenvalue weighted by atomic mass is 15.0. The van der Waals surface area contributed by atoms with Gasteiger partial charge in [0.15, 0.2) is 0 Å². The van der Waals surface area contributed by atoms with Crippen molar-refractivity contribution >= 4 is 0 Å². The third kappa shape index (κ3) is 3.15. The Hall–Kier alpha value is -0.890. The quantitative estimate of drug-likeness (QED) is 0.706. The Balaban J connectivity index is 2.79. The van der Waals surface area contributed by atoms with Gasteiger partial charge in [-0.3, -0.25) is 4.98 Å². The van der Waals surface area contributed by atoms with Gasteiger partial charge in [0.2, 0.25) is 0 Å². The second kappa shape index (κ2) is 4.38. The number of nitrogens with zero attached hydrogens (tertiary/aromatic N) is 2. The van der Waals surface area contributed by atoms with Gasteiger partial charge in [-0.2, -0.15) is 0 Å². The highest BCUT2D eigenvalue weighted by molar-refractivity contribution is 5.20.